The van der Waals surface area contributed by atoms with Gasteiger partial charge in [-0.1, -0.05) is 25.1 Å². The van der Waals surface area contributed by atoms with E-state index < -0.39 is 0 Å². The van der Waals surface area contributed by atoms with Gasteiger partial charge in [-0.3, -0.25) is 14.6 Å². The number of hydrogen-bond donors (Lipinski definition) is 3. The fourth-order valence-corrected chi connectivity index (χ4v) is 2.65. The van der Waals surface area contributed by atoms with Crippen molar-refractivity contribution >= 4 is 29.4 Å². The van der Waals surface area contributed by atoms with E-state index in [1.165, 1.54) is 0 Å². The van der Waals surface area contributed by atoms with E-state index in [1.54, 1.807) is 18.3 Å². The largest absolute Gasteiger partial charge is 0.366 e. The van der Waals surface area contributed by atoms with Crippen LogP contribution in [0.4, 0.5) is 11.4 Å². The Balaban J connectivity index is 1.59. The fourth-order valence-electron chi connectivity index (χ4n) is 2.65. The molecule has 0 unspecified atom stereocenters. The molecule has 3 N–H and O–H groups in total. The van der Waals surface area contributed by atoms with Gasteiger partial charge in [-0.05, 0) is 36.2 Å². The molecule has 1 aliphatic rings. The smallest absolute Gasteiger partial charge is 0.251 e. The molecule has 0 radical (unpaired) electrons. The van der Waals surface area contributed by atoms with E-state index in [0.717, 1.165) is 28.9 Å². The lowest BCUT2D eigenvalue weighted by Crippen LogP contribution is -2.33. The number of amides is 2. The maximum Gasteiger partial charge on any atom is 0.251 e. The number of benzene rings is 2. The third-order valence-electron chi connectivity index (χ3n) is 3.99. The van der Waals surface area contributed by atoms with Crippen molar-refractivity contribution < 1.29 is 9.59 Å². The van der Waals surface area contributed by atoms with Gasteiger partial charge in [0, 0.05) is 28.7 Å². The minimum absolute atomic E-state index is 0.0830. The molecule has 3 rings (SSSR count). The Morgan fingerprint density at radius 3 is 2.88 bits per heavy atom. The van der Waals surface area contributed by atoms with Gasteiger partial charge in [-0.15, -0.1) is 0 Å². The summed E-state index contributed by atoms with van der Waals surface area (Å²) < 4.78 is 0. The molecule has 0 saturated heterocycles. The van der Waals surface area contributed by atoms with Crippen LogP contribution in [0.15, 0.2) is 47.5 Å². The van der Waals surface area contributed by atoms with E-state index in [1.807, 2.05) is 37.3 Å². The Labute approximate surface area is 146 Å². The summed E-state index contributed by atoms with van der Waals surface area (Å²) in [5, 5.41) is 8.60. The molecule has 6 heteroatoms. The molecule has 128 valence electrons. The van der Waals surface area contributed by atoms with Crippen LogP contribution in [0.2, 0.25) is 0 Å². The molecular formula is C19H20N4O2. The molecule has 0 saturated carbocycles. The molecule has 0 atom stereocenters. The molecule has 0 spiro atoms. The molecule has 25 heavy (non-hydrogen) atoms. The van der Waals surface area contributed by atoms with E-state index in [0.29, 0.717) is 12.2 Å². The zero-order valence-electron chi connectivity index (χ0n) is 14.0. The molecule has 0 aromatic heterocycles. The van der Waals surface area contributed by atoms with Crippen molar-refractivity contribution in [2.24, 2.45) is 4.99 Å². The first-order chi connectivity index (χ1) is 12.2. The highest BCUT2D eigenvalue weighted by atomic mass is 16.2. The number of carbonyl (C=O) groups is 2. The van der Waals surface area contributed by atoms with Crippen molar-refractivity contribution in [2.75, 3.05) is 23.8 Å². The molecule has 2 aromatic carbocycles. The highest BCUT2D eigenvalue weighted by Gasteiger charge is 2.12. The van der Waals surface area contributed by atoms with Gasteiger partial charge in [0.25, 0.3) is 5.91 Å². The monoisotopic (exact) mass is 336 g/mol. The summed E-state index contributed by atoms with van der Waals surface area (Å²) in [6.45, 7) is 2.49. The maximum atomic E-state index is 12.3. The number of aryl methyl sites for hydroxylation is 1. The Bertz CT molecular complexity index is 830. The minimum atomic E-state index is -0.291. The van der Waals surface area contributed by atoms with Crippen LogP contribution in [0.1, 0.15) is 28.4 Å². The highest BCUT2D eigenvalue weighted by molar-refractivity contribution is 6.01. The number of carbonyl (C=O) groups excluding carboxylic acids is 2. The van der Waals surface area contributed by atoms with Crippen molar-refractivity contribution in [3.8, 4) is 0 Å². The second-order valence-corrected chi connectivity index (χ2v) is 5.69. The molecular weight excluding hydrogens is 316 g/mol. The Morgan fingerprint density at radius 2 is 2.04 bits per heavy atom. The van der Waals surface area contributed by atoms with Crippen LogP contribution in [0.5, 0.6) is 0 Å². The van der Waals surface area contributed by atoms with Crippen LogP contribution >= 0.6 is 0 Å². The highest BCUT2D eigenvalue weighted by Crippen LogP contribution is 2.18. The number of nitrogens with zero attached hydrogens (tertiary/aromatic N) is 1. The quantitative estimate of drug-likeness (QED) is 0.784. The second-order valence-electron chi connectivity index (χ2n) is 5.69. The van der Waals surface area contributed by atoms with Crippen LogP contribution in [0.3, 0.4) is 0 Å². The number of aliphatic imine (C=N–C) groups is 1. The lowest BCUT2D eigenvalue weighted by atomic mass is 10.1. The van der Waals surface area contributed by atoms with Crippen LogP contribution in [-0.2, 0) is 11.2 Å². The third-order valence-corrected chi connectivity index (χ3v) is 3.99. The SMILES string of the molecule is CCc1ccccc1NC(=O)CNC(=O)c1ccc2c(c1)C=NCN2. The molecule has 6 nitrogen and oxygen atoms in total. The van der Waals surface area contributed by atoms with Crippen molar-refractivity contribution in [1.82, 2.24) is 5.32 Å². The normalized spacial score (nSPS) is 12.0. The molecule has 0 bridgehead atoms. The summed E-state index contributed by atoms with van der Waals surface area (Å²) in [6.07, 6.45) is 2.56. The predicted octanol–water partition coefficient (Wildman–Crippen LogP) is 2.42. The average molecular weight is 336 g/mol. The van der Waals surface area contributed by atoms with Crippen molar-refractivity contribution in [1.29, 1.82) is 0 Å². The first-order valence-electron chi connectivity index (χ1n) is 8.21. The zero-order chi connectivity index (χ0) is 17.6. The number of hydrogen-bond acceptors (Lipinski definition) is 4. The lowest BCUT2D eigenvalue weighted by molar-refractivity contribution is -0.115. The summed E-state index contributed by atoms with van der Waals surface area (Å²) in [4.78, 5) is 28.5. The molecule has 0 fully saturated rings. The summed E-state index contributed by atoms with van der Waals surface area (Å²) in [5.74, 6) is -0.545. The fraction of sp³-hybridized carbons (Fsp3) is 0.211. The van der Waals surface area contributed by atoms with E-state index >= 15 is 0 Å². The van der Waals surface area contributed by atoms with Crippen molar-refractivity contribution in [3.63, 3.8) is 0 Å². The van der Waals surface area contributed by atoms with Crippen LogP contribution in [0.25, 0.3) is 0 Å². The molecule has 2 aromatic rings. The minimum Gasteiger partial charge on any atom is -0.366 e. The first kappa shape index (κ1) is 16.7. The van der Waals surface area contributed by atoms with Gasteiger partial charge in [-0.25, -0.2) is 0 Å². The summed E-state index contributed by atoms with van der Waals surface area (Å²) >= 11 is 0. The topological polar surface area (TPSA) is 82.6 Å². The Kier molecular flexibility index (Phi) is 5.09. The predicted molar refractivity (Wildman–Crippen MR) is 99.3 cm³/mol. The summed E-state index contributed by atoms with van der Waals surface area (Å²) in [5.41, 5.74) is 4.14. The first-order valence-corrected chi connectivity index (χ1v) is 8.21. The zero-order valence-corrected chi connectivity index (χ0v) is 14.0. The lowest BCUT2D eigenvalue weighted by Gasteiger charge is -2.14. The van der Waals surface area contributed by atoms with Gasteiger partial charge in [0.2, 0.25) is 5.91 Å². The molecule has 1 heterocycles. The van der Waals surface area contributed by atoms with Crippen molar-refractivity contribution in [2.45, 2.75) is 13.3 Å². The number of anilines is 2. The van der Waals surface area contributed by atoms with Crippen molar-refractivity contribution in [3.05, 3.63) is 59.2 Å². The number of fused-ring (bicyclic) bond motifs is 1. The number of rotatable bonds is 5. The maximum absolute atomic E-state index is 12.3. The average Bonchev–Trinajstić information content (AvgIpc) is 2.66. The summed E-state index contributed by atoms with van der Waals surface area (Å²) in [6, 6.07) is 13.0. The van der Waals surface area contributed by atoms with Gasteiger partial charge in [0.1, 0.15) is 6.67 Å². The van der Waals surface area contributed by atoms with E-state index in [9.17, 15) is 9.59 Å². The van der Waals surface area contributed by atoms with Gasteiger partial charge >= 0.3 is 0 Å². The van der Waals surface area contributed by atoms with E-state index in [2.05, 4.69) is 20.9 Å². The third kappa shape index (κ3) is 4.03. The van der Waals surface area contributed by atoms with Crippen LogP contribution in [-0.4, -0.2) is 31.2 Å². The van der Waals surface area contributed by atoms with Gasteiger partial charge in [-0.2, -0.15) is 0 Å². The Morgan fingerprint density at radius 1 is 1.20 bits per heavy atom. The van der Waals surface area contributed by atoms with Gasteiger partial charge in [0.05, 0.1) is 6.54 Å². The van der Waals surface area contributed by atoms with Crippen LogP contribution in [0, 0.1) is 0 Å². The Hall–Kier alpha value is -3.15. The van der Waals surface area contributed by atoms with Gasteiger partial charge < -0.3 is 16.0 Å². The van der Waals surface area contributed by atoms with Gasteiger partial charge in [0.15, 0.2) is 0 Å². The van der Waals surface area contributed by atoms with Crippen LogP contribution < -0.4 is 16.0 Å². The standard InChI is InChI=1S/C19H20N4O2/c1-2-13-5-3-4-6-17(13)23-18(24)11-21-19(25)14-7-8-16-15(9-14)10-20-12-22-16/h3-10,22H,2,11-12H2,1H3,(H,21,25)(H,23,24). The molecule has 0 aliphatic carbocycles. The molecule has 1 aliphatic heterocycles. The van der Waals surface area contributed by atoms with E-state index in [4.69, 9.17) is 0 Å². The molecule has 2 amide bonds. The number of nitrogens with one attached hydrogen (secondary N) is 3. The van der Waals surface area contributed by atoms with E-state index in [-0.39, 0.29) is 18.4 Å². The number of para-hydroxylation sites is 1. The summed E-state index contributed by atoms with van der Waals surface area (Å²) in [7, 11) is 0. The second kappa shape index (κ2) is 7.61.